The number of sulfonamides is 1. The maximum atomic E-state index is 11.9. The van der Waals surface area contributed by atoms with Gasteiger partial charge in [0.1, 0.15) is 0 Å². The molecule has 1 rings (SSSR count). The summed E-state index contributed by atoms with van der Waals surface area (Å²) >= 11 is 0. The zero-order valence-electron chi connectivity index (χ0n) is 11.9. The molecule has 0 aliphatic heterocycles. The van der Waals surface area contributed by atoms with Gasteiger partial charge in [-0.15, -0.1) is 0 Å². The molecule has 6 heteroatoms. The molecule has 0 saturated heterocycles. The molecule has 19 heavy (non-hydrogen) atoms. The summed E-state index contributed by atoms with van der Waals surface area (Å²) in [6.07, 6.45) is 0. The smallest absolute Gasteiger partial charge is 0.240 e. The van der Waals surface area contributed by atoms with Crippen molar-refractivity contribution in [3.63, 3.8) is 0 Å². The molecule has 0 aliphatic carbocycles. The Kier molecular flexibility index (Phi) is 4.95. The van der Waals surface area contributed by atoms with E-state index in [9.17, 15) is 8.42 Å². The Balaban J connectivity index is 2.88. The fourth-order valence-corrected chi connectivity index (χ4v) is 2.79. The average molecular weight is 285 g/mol. The molecule has 5 nitrogen and oxygen atoms in total. The van der Waals surface area contributed by atoms with Crippen LogP contribution in [0.4, 0.5) is 5.69 Å². The number of nitrogens with two attached hydrogens (primary N) is 1. The molecule has 1 aromatic rings. The summed E-state index contributed by atoms with van der Waals surface area (Å²) in [4.78, 5) is 0.261. The summed E-state index contributed by atoms with van der Waals surface area (Å²) in [6, 6.07) is 6.52. The molecule has 0 bridgehead atoms. The van der Waals surface area contributed by atoms with Crippen molar-refractivity contribution in [2.24, 2.45) is 5.73 Å². The van der Waals surface area contributed by atoms with Crippen LogP contribution in [0.1, 0.15) is 27.7 Å². The lowest BCUT2D eigenvalue weighted by atomic mass is 10.1. The van der Waals surface area contributed by atoms with E-state index in [1.165, 1.54) is 0 Å². The van der Waals surface area contributed by atoms with Gasteiger partial charge in [0, 0.05) is 23.8 Å². The number of benzene rings is 1. The highest BCUT2D eigenvalue weighted by atomic mass is 32.2. The highest BCUT2D eigenvalue weighted by molar-refractivity contribution is 7.89. The molecule has 0 radical (unpaired) electrons. The van der Waals surface area contributed by atoms with Crippen molar-refractivity contribution in [3.8, 4) is 0 Å². The minimum atomic E-state index is -3.43. The van der Waals surface area contributed by atoms with E-state index in [-0.39, 0.29) is 16.5 Å². The SMILES string of the molecule is CC(C)NS(=O)(=O)c1ccc(NC(C)(C)CN)cc1. The van der Waals surface area contributed by atoms with Gasteiger partial charge >= 0.3 is 0 Å². The van der Waals surface area contributed by atoms with Gasteiger partial charge < -0.3 is 11.1 Å². The number of hydrogen-bond acceptors (Lipinski definition) is 4. The normalized spacial score (nSPS) is 12.7. The Morgan fingerprint density at radius 2 is 1.74 bits per heavy atom. The Hall–Kier alpha value is -1.11. The van der Waals surface area contributed by atoms with Crippen LogP contribution in [0.25, 0.3) is 0 Å². The molecule has 0 aromatic heterocycles. The van der Waals surface area contributed by atoms with Crippen molar-refractivity contribution in [2.75, 3.05) is 11.9 Å². The van der Waals surface area contributed by atoms with Crippen molar-refractivity contribution in [3.05, 3.63) is 24.3 Å². The van der Waals surface area contributed by atoms with E-state index in [0.717, 1.165) is 5.69 Å². The van der Waals surface area contributed by atoms with E-state index in [4.69, 9.17) is 5.73 Å². The van der Waals surface area contributed by atoms with Crippen LogP contribution in [0.3, 0.4) is 0 Å². The van der Waals surface area contributed by atoms with Crippen LogP contribution < -0.4 is 15.8 Å². The van der Waals surface area contributed by atoms with Crippen LogP contribution in [0.15, 0.2) is 29.2 Å². The van der Waals surface area contributed by atoms with Gasteiger partial charge in [0.25, 0.3) is 0 Å². The van der Waals surface area contributed by atoms with Gasteiger partial charge in [-0.05, 0) is 52.0 Å². The van der Waals surface area contributed by atoms with Gasteiger partial charge in [-0.3, -0.25) is 0 Å². The third-order valence-corrected chi connectivity index (χ3v) is 4.22. The van der Waals surface area contributed by atoms with E-state index >= 15 is 0 Å². The maximum Gasteiger partial charge on any atom is 0.240 e. The summed E-state index contributed by atoms with van der Waals surface area (Å²) in [7, 11) is -3.43. The maximum absolute atomic E-state index is 11.9. The van der Waals surface area contributed by atoms with Crippen molar-refractivity contribution in [1.82, 2.24) is 4.72 Å². The molecular formula is C13H23N3O2S. The first-order chi connectivity index (χ1) is 8.66. The second-order valence-corrected chi connectivity index (χ2v) is 7.23. The molecule has 0 fully saturated rings. The fraction of sp³-hybridized carbons (Fsp3) is 0.538. The van der Waals surface area contributed by atoms with Crippen molar-refractivity contribution >= 4 is 15.7 Å². The molecule has 0 saturated carbocycles. The third kappa shape index (κ3) is 4.81. The van der Waals surface area contributed by atoms with E-state index in [2.05, 4.69) is 10.0 Å². The molecule has 0 amide bonds. The van der Waals surface area contributed by atoms with E-state index in [1.807, 2.05) is 13.8 Å². The molecule has 0 heterocycles. The molecular weight excluding hydrogens is 262 g/mol. The first-order valence-electron chi connectivity index (χ1n) is 6.27. The summed E-state index contributed by atoms with van der Waals surface area (Å²) in [5, 5.41) is 3.25. The first-order valence-corrected chi connectivity index (χ1v) is 7.75. The molecule has 0 aliphatic rings. The van der Waals surface area contributed by atoms with Crippen LogP contribution in [-0.4, -0.2) is 26.5 Å². The minimum Gasteiger partial charge on any atom is -0.379 e. The summed E-state index contributed by atoms with van der Waals surface area (Å²) < 4.78 is 26.4. The standard InChI is InChI=1S/C13H23N3O2S/c1-10(2)16-19(17,18)12-7-5-11(6-8-12)15-13(3,4)9-14/h5-8,10,15-16H,9,14H2,1-4H3. The minimum absolute atomic E-state index is 0.126. The fourth-order valence-electron chi connectivity index (χ4n) is 1.54. The van der Waals surface area contributed by atoms with Crippen LogP contribution in [0, 0.1) is 0 Å². The zero-order chi connectivity index (χ0) is 14.7. The third-order valence-electron chi connectivity index (χ3n) is 2.55. The predicted molar refractivity (Wildman–Crippen MR) is 78.7 cm³/mol. The average Bonchev–Trinajstić information content (AvgIpc) is 2.27. The number of anilines is 1. The van der Waals surface area contributed by atoms with Crippen LogP contribution in [0.2, 0.25) is 0 Å². The monoisotopic (exact) mass is 285 g/mol. The second kappa shape index (κ2) is 5.90. The lowest BCUT2D eigenvalue weighted by Crippen LogP contribution is -2.39. The Morgan fingerprint density at radius 1 is 1.21 bits per heavy atom. The molecule has 108 valence electrons. The van der Waals surface area contributed by atoms with Gasteiger partial charge in [-0.2, -0.15) is 0 Å². The predicted octanol–water partition coefficient (Wildman–Crippen LogP) is 1.52. The summed E-state index contributed by atoms with van der Waals surface area (Å²) in [6.45, 7) is 8.03. The van der Waals surface area contributed by atoms with Crippen LogP contribution in [-0.2, 0) is 10.0 Å². The number of rotatable bonds is 6. The highest BCUT2D eigenvalue weighted by Crippen LogP contribution is 2.17. The number of hydrogen-bond donors (Lipinski definition) is 3. The summed E-state index contributed by atoms with van der Waals surface area (Å²) in [5.41, 5.74) is 6.26. The van der Waals surface area contributed by atoms with Crippen molar-refractivity contribution in [2.45, 2.75) is 44.2 Å². The van der Waals surface area contributed by atoms with Crippen LogP contribution in [0.5, 0.6) is 0 Å². The zero-order valence-corrected chi connectivity index (χ0v) is 12.7. The molecule has 0 spiro atoms. The van der Waals surface area contributed by atoms with Gasteiger partial charge in [-0.25, -0.2) is 13.1 Å². The Morgan fingerprint density at radius 3 is 2.16 bits per heavy atom. The van der Waals surface area contributed by atoms with Gasteiger partial charge in [0.2, 0.25) is 10.0 Å². The van der Waals surface area contributed by atoms with E-state index in [0.29, 0.717) is 6.54 Å². The molecule has 1 aromatic carbocycles. The van der Waals surface area contributed by atoms with Gasteiger partial charge in [0.05, 0.1) is 4.90 Å². The number of nitrogens with one attached hydrogen (secondary N) is 2. The molecule has 0 unspecified atom stereocenters. The van der Waals surface area contributed by atoms with Gasteiger partial charge in [0.15, 0.2) is 0 Å². The quantitative estimate of drug-likeness (QED) is 0.740. The Bertz CT molecular complexity index is 507. The topological polar surface area (TPSA) is 84.2 Å². The van der Waals surface area contributed by atoms with E-state index < -0.39 is 10.0 Å². The molecule has 0 atom stereocenters. The highest BCUT2D eigenvalue weighted by Gasteiger charge is 2.17. The lowest BCUT2D eigenvalue weighted by molar-refractivity contribution is 0.570. The first kappa shape index (κ1) is 15.9. The Labute approximate surface area is 115 Å². The van der Waals surface area contributed by atoms with Crippen molar-refractivity contribution in [1.29, 1.82) is 0 Å². The van der Waals surface area contributed by atoms with Gasteiger partial charge in [-0.1, -0.05) is 0 Å². The van der Waals surface area contributed by atoms with Crippen LogP contribution >= 0.6 is 0 Å². The molecule has 4 N–H and O–H groups in total. The van der Waals surface area contributed by atoms with Crippen molar-refractivity contribution < 1.29 is 8.42 Å². The lowest BCUT2D eigenvalue weighted by Gasteiger charge is -2.25. The second-order valence-electron chi connectivity index (χ2n) is 5.51. The largest absolute Gasteiger partial charge is 0.379 e. The van der Waals surface area contributed by atoms with E-state index in [1.54, 1.807) is 38.1 Å². The summed E-state index contributed by atoms with van der Waals surface area (Å²) in [5.74, 6) is 0.